The van der Waals surface area contributed by atoms with E-state index in [-0.39, 0.29) is 23.8 Å². The lowest BCUT2D eigenvalue weighted by atomic mass is 9.90. The Morgan fingerprint density at radius 1 is 1.12 bits per heavy atom. The number of aromatic amines is 1. The summed E-state index contributed by atoms with van der Waals surface area (Å²) in [4.78, 5) is 32.8. The van der Waals surface area contributed by atoms with E-state index in [0.29, 0.717) is 19.5 Å². The molecule has 1 fully saturated rings. The predicted molar refractivity (Wildman–Crippen MR) is 134 cm³/mol. The van der Waals surface area contributed by atoms with Gasteiger partial charge in [0.15, 0.2) is 0 Å². The first kappa shape index (κ1) is 22.9. The van der Waals surface area contributed by atoms with E-state index in [1.807, 2.05) is 33.2 Å². The number of likely N-dealkylation sites (tertiary alicyclic amines) is 1. The van der Waals surface area contributed by atoms with Gasteiger partial charge in [-0.1, -0.05) is 37.3 Å². The molecule has 2 aromatic carbocycles. The highest BCUT2D eigenvalue weighted by Crippen LogP contribution is 2.31. The quantitative estimate of drug-likeness (QED) is 0.569. The molecule has 1 aliphatic rings. The van der Waals surface area contributed by atoms with Gasteiger partial charge in [0, 0.05) is 62.3 Å². The number of hydrogen-bond acceptors (Lipinski definition) is 3. The van der Waals surface area contributed by atoms with Crippen molar-refractivity contribution in [3.63, 3.8) is 0 Å². The molecule has 1 aliphatic heterocycles. The maximum atomic E-state index is 13.2. The van der Waals surface area contributed by atoms with Gasteiger partial charge >= 0.3 is 0 Å². The molecular formula is C27H34N4O2. The minimum atomic E-state index is -0.370. The fourth-order valence-electron chi connectivity index (χ4n) is 4.82. The molecule has 2 atom stereocenters. The number of piperidine rings is 1. The number of rotatable bonds is 7. The summed E-state index contributed by atoms with van der Waals surface area (Å²) in [5, 5.41) is 4.35. The summed E-state index contributed by atoms with van der Waals surface area (Å²) in [5.41, 5.74) is 4.53. The Bertz CT molecular complexity index is 1100. The van der Waals surface area contributed by atoms with Crippen LogP contribution in [0.2, 0.25) is 0 Å². The molecule has 2 heterocycles. The SMILES string of the molecule is CCC(=O)N1CCCCC1C(=O)NCC(c1ccc(N(C)C)cc1)c1c[nH]c2ccccc12. The zero-order valence-corrected chi connectivity index (χ0v) is 19.8. The number of para-hydroxylation sites is 1. The van der Waals surface area contributed by atoms with Gasteiger partial charge in [0.1, 0.15) is 6.04 Å². The van der Waals surface area contributed by atoms with Crippen molar-refractivity contribution in [2.75, 3.05) is 32.1 Å². The van der Waals surface area contributed by atoms with Gasteiger partial charge in [0.2, 0.25) is 11.8 Å². The Hall–Kier alpha value is -3.28. The maximum Gasteiger partial charge on any atom is 0.242 e. The summed E-state index contributed by atoms with van der Waals surface area (Å²) in [6.07, 6.45) is 5.15. The lowest BCUT2D eigenvalue weighted by Gasteiger charge is -2.35. The molecule has 1 saturated heterocycles. The second-order valence-corrected chi connectivity index (χ2v) is 9.03. The lowest BCUT2D eigenvalue weighted by Crippen LogP contribution is -2.52. The van der Waals surface area contributed by atoms with Crippen LogP contribution < -0.4 is 10.2 Å². The highest BCUT2D eigenvalue weighted by molar-refractivity contribution is 5.88. The first-order chi connectivity index (χ1) is 16.0. The number of nitrogens with zero attached hydrogens (tertiary/aromatic N) is 2. The fourth-order valence-corrected chi connectivity index (χ4v) is 4.82. The van der Waals surface area contributed by atoms with Gasteiger partial charge < -0.3 is 20.1 Å². The molecule has 2 amide bonds. The van der Waals surface area contributed by atoms with Crippen molar-refractivity contribution in [3.8, 4) is 0 Å². The molecule has 0 bridgehead atoms. The molecule has 0 aliphatic carbocycles. The molecule has 2 N–H and O–H groups in total. The van der Waals surface area contributed by atoms with Crippen molar-refractivity contribution < 1.29 is 9.59 Å². The number of amides is 2. The summed E-state index contributed by atoms with van der Waals surface area (Å²) < 4.78 is 0. The number of fused-ring (bicyclic) bond motifs is 1. The zero-order valence-electron chi connectivity index (χ0n) is 19.8. The van der Waals surface area contributed by atoms with Gasteiger partial charge in [-0.2, -0.15) is 0 Å². The van der Waals surface area contributed by atoms with E-state index in [9.17, 15) is 9.59 Å². The van der Waals surface area contributed by atoms with Crippen molar-refractivity contribution in [2.24, 2.45) is 0 Å². The van der Waals surface area contributed by atoms with Crippen molar-refractivity contribution in [1.29, 1.82) is 0 Å². The summed E-state index contributed by atoms with van der Waals surface area (Å²) >= 11 is 0. The number of carbonyl (C=O) groups is 2. The first-order valence-electron chi connectivity index (χ1n) is 11.9. The van der Waals surface area contributed by atoms with Crippen molar-refractivity contribution in [1.82, 2.24) is 15.2 Å². The molecule has 0 saturated carbocycles. The van der Waals surface area contributed by atoms with E-state index >= 15 is 0 Å². The van der Waals surface area contributed by atoms with Gasteiger partial charge in [-0.15, -0.1) is 0 Å². The topological polar surface area (TPSA) is 68.4 Å². The first-order valence-corrected chi connectivity index (χ1v) is 11.9. The Morgan fingerprint density at radius 3 is 2.61 bits per heavy atom. The molecule has 33 heavy (non-hydrogen) atoms. The number of hydrogen-bond donors (Lipinski definition) is 2. The van der Waals surface area contributed by atoms with Gasteiger partial charge in [0.25, 0.3) is 0 Å². The predicted octanol–water partition coefficient (Wildman–Crippen LogP) is 4.27. The number of carbonyl (C=O) groups excluding carboxylic acids is 2. The highest BCUT2D eigenvalue weighted by atomic mass is 16.2. The van der Waals surface area contributed by atoms with Crippen LogP contribution in [0, 0.1) is 0 Å². The largest absolute Gasteiger partial charge is 0.378 e. The van der Waals surface area contributed by atoms with E-state index in [1.165, 1.54) is 0 Å². The zero-order chi connectivity index (χ0) is 23.4. The standard InChI is InChI=1S/C27H34N4O2/c1-4-26(32)31-16-8-7-11-25(31)27(33)29-17-22(19-12-14-20(15-13-19)30(2)3)23-18-28-24-10-6-5-9-21(23)24/h5-6,9-10,12-15,18,22,25,28H,4,7-8,11,16-17H2,1-3H3,(H,29,33). The van der Waals surface area contributed by atoms with Crippen molar-refractivity contribution in [2.45, 2.75) is 44.6 Å². The summed E-state index contributed by atoms with van der Waals surface area (Å²) in [6, 6.07) is 16.4. The molecule has 6 heteroatoms. The van der Waals surface area contributed by atoms with E-state index in [1.54, 1.807) is 4.90 Å². The number of nitrogens with one attached hydrogen (secondary N) is 2. The molecule has 2 unspecified atom stereocenters. The second-order valence-electron chi connectivity index (χ2n) is 9.03. The third-order valence-corrected chi connectivity index (χ3v) is 6.72. The van der Waals surface area contributed by atoms with Crippen LogP contribution in [0.1, 0.15) is 49.7 Å². The molecule has 3 aromatic rings. The van der Waals surface area contributed by atoms with Crippen LogP contribution in [0.4, 0.5) is 5.69 Å². The molecule has 1 aromatic heterocycles. The monoisotopic (exact) mass is 446 g/mol. The van der Waals surface area contributed by atoms with Crippen LogP contribution >= 0.6 is 0 Å². The van der Waals surface area contributed by atoms with E-state index in [0.717, 1.165) is 47.0 Å². The third kappa shape index (κ3) is 4.90. The number of aromatic nitrogens is 1. The van der Waals surface area contributed by atoms with Gasteiger partial charge in [0.05, 0.1) is 0 Å². The molecular weight excluding hydrogens is 412 g/mol. The van der Waals surface area contributed by atoms with E-state index in [4.69, 9.17) is 0 Å². The Morgan fingerprint density at radius 2 is 1.88 bits per heavy atom. The summed E-state index contributed by atoms with van der Waals surface area (Å²) in [7, 11) is 4.06. The summed E-state index contributed by atoms with van der Waals surface area (Å²) in [5.74, 6) is 0.00813. The average molecular weight is 447 g/mol. The molecule has 0 radical (unpaired) electrons. The third-order valence-electron chi connectivity index (χ3n) is 6.72. The van der Waals surface area contributed by atoms with E-state index in [2.05, 4.69) is 57.8 Å². The van der Waals surface area contributed by atoms with Crippen molar-refractivity contribution in [3.05, 3.63) is 65.9 Å². The van der Waals surface area contributed by atoms with Crippen LogP contribution in [0.5, 0.6) is 0 Å². The molecule has 174 valence electrons. The van der Waals surface area contributed by atoms with Crippen LogP contribution in [-0.2, 0) is 9.59 Å². The highest BCUT2D eigenvalue weighted by Gasteiger charge is 2.31. The van der Waals surface area contributed by atoms with Crippen molar-refractivity contribution >= 4 is 28.4 Å². The van der Waals surface area contributed by atoms with Crippen LogP contribution in [0.3, 0.4) is 0 Å². The number of anilines is 1. The number of H-pyrrole nitrogens is 1. The molecule has 4 rings (SSSR count). The normalized spacial score (nSPS) is 17.1. The van der Waals surface area contributed by atoms with Gasteiger partial charge in [-0.25, -0.2) is 0 Å². The fraction of sp³-hybridized carbons (Fsp3) is 0.407. The number of benzene rings is 2. The van der Waals surface area contributed by atoms with Gasteiger partial charge in [-0.05, 0) is 48.6 Å². The smallest absolute Gasteiger partial charge is 0.242 e. The van der Waals surface area contributed by atoms with E-state index < -0.39 is 0 Å². The summed E-state index contributed by atoms with van der Waals surface area (Å²) in [6.45, 7) is 3.01. The maximum absolute atomic E-state index is 13.2. The second kappa shape index (κ2) is 10.1. The van der Waals surface area contributed by atoms with Gasteiger partial charge in [-0.3, -0.25) is 9.59 Å². The Kier molecular flexibility index (Phi) is 7.02. The lowest BCUT2D eigenvalue weighted by molar-refractivity contribution is -0.142. The Balaban J connectivity index is 1.60. The molecule has 0 spiro atoms. The van der Waals surface area contributed by atoms with Crippen LogP contribution in [0.15, 0.2) is 54.7 Å². The Labute approximate surface area is 196 Å². The minimum absolute atomic E-state index is 0.000212. The van der Waals surface area contributed by atoms with Crippen LogP contribution in [0.25, 0.3) is 10.9 Å². The molecule has 6 nitrogen and oxygen atoms in total. The minimum Gasteiger partial charge on any atom is -0.378 e. The van der Waals surface area contributed by atoms with Crippen LogP contribution in [-0.4, -0.2) is 54.9 Å². The average Bonchev–Trinajstić information content (AvgIpc) is 3.28.